The van der Waals surface area contributed by atoms with Gasteiger partial charge in [-0.1, -0.05) is 23.7 Å². The number of hydrogen-bond acceptors (Lipinski definition) is 3. The van der Waals surface area contributed by atoms with Gasteiger partial charge in [0.1, 0.15) is 11.6 Å². The Balaban J connectivity index is 1.65. The number of nitrogens with two attached hydrogens (primary N) is 1. The Kier molecular flexibility index (Phi) is 7.25. The standard InChI is InChI=1S/C22H23ClF2N4O2/c1-14-12-28(13-15-2-5-17(24)6-3-15)8-9-29(14)21(30)7-4-16-10-19(25)18(23)11-20(16)27-22(26)31/h2-7,10-11,14H,8-9,12-13H2,1H3,(H3,26,27,31)/b7-4+/t14-/m1/s1. The summed E-state index contributed by atoms with van der Waals surface area (Å²) in [6, 6.07) is 7.87. The van der Waals surface area contributed by atoms with Crippen molar-refractivity contribution in [2.24, 2.45) is 5.73 Å². The van der Waals surface area contributed by atoms with Gasteiger partial charge in [-0.15, -0.1) is 0 Å². The van der Waals surface area contributed by atoms with Crippen LogP contribution in [-0.4, -0.2) is 47.4 Å². The molecule has 0 bridgehead atoms. The van der Waals surface area contributed by atoms with Crippen molar-refractivity contribution in [3.63, 3.8) is 0 Å². The lowest BCUT2D eigenvalue weighted by atomic mass is 10.1. The van der Waals surface area contributed by atoms with E-state index in [1.54, 1.807) is 17.0 Å². The molecule has 0 aromatic heterocycles. The van der Waals surface area contributed by atoms with Crippen molar-refractivity contribution in [3.05, 3.63) is 70.3 Å². The second-order valence-electron chi connectivity index (χ2n) is 7.42. The first kappa shape index (κ1) is 22.7. The molecular weight excluding hydrogens is 426 g/mol. The summed E-state index contributed by atoms with van der Waals surface area (Å²) in [6.07, 6.45) is 2.76. The highest BCUT2D eigenvalue weighted by molar-refractivity contribution is 6.31. The maximum absolute atomic E-state index is 13.9. The fourth-order valence-corrected chi connectivity index (χ4v) is 3.71. The van der Waals surface area contributed by atoms with Crippen LogP contribution in [-0.2, 0) is 11.3 Å². The van der Waals surface area contributed by atoms with Gasteiger partial charge in [0.2, 0.25) is 5.91 Å². The molecule has 0 unspecified atom stereocenters. The van der Waals surface area contributed by atoms with Gasteiger partial charge in [0.25, 0.3) is 0 Å². The van der Waals surface area contributed by atoms with E-state index in [1.807, 2.05) is 6.92 Å². The van der Waals surface area contributed by atoms with Gasteiger partial charge >= 0.3 is 6.03 Å². The Morgan fingerprint density at radius 1 is 1.23 bits per heavy atom. The number of anilines is 1. The molecule has 1 saturated heterocycles. The van der Waals surface area contributed by atoms with Gasteiger partial charge in [0, 0.05) is 43.9 Å². The summed E-state index contributed by atoms with van der Waals surface area (Å²) in [5.74, 6) is -1.17. The number of nitrogens with one attached hydrogen (secondary N) is 1. The first-order chi connectivity index (χ1) is 14.7. The van der Waals surface area contributed by atoms with E-state index in [1.165, 1.54) is 30.4 Å². The fourth-order valence-electron chi connectivity index (χ4n) is 3.55. The molecule has 1 aliphatic rings. The zero-order chi connectivity index (χ0) is 22.5. The lowest BCUT2D eigenvalue weighted by molar-refractivity contribution is -0.130. The molecule has 0 radical (unpaired) electrons. The predicted octanol–water partition coefficient (Wildman–Crippen LogP) is 3.85. The molecule has 0 aliphatic carbocycles. The summed E-state index contributed by atoms with van der Waals surface area (Å²) in [5.41, 5.74) is 6.63. The summed E-state index contributed by atoms with van der Waals surface area (Å²) in [5, 5.41) is 2.20. The summed E-state index contributed by atoms with van der Waals surface area (Å²) < 4.78 is 26.9. The number of carbonyl (C=O) groups excluding carboxylic acids is 2. The highest BCUT2D eigenvalue weighted by Crippen LogP contribution is 2.26. The van der Waals surface area contributed by atoms with Gasteiger partial charge in [-0.3, -0.25) is 9.69 Å². The number of carbonyl (C=O) groups is 2. The van der Waals surface area contributed by atoms with Crippen LogP contribution in [0, 0.1) is 11.6 Å². The van der Waals surface area contributed by atoms with Crippen molar-refractivity contribution in [2.45, 2.75) is 19.5 Å². The van der Waals surface area contributed by atoms with Crippen molar-refractivity contribution in [2.75, 3.05) is 25.0 Å². The quantitative estimate of drug-likeness (QED) is 0.682. The van der Waals surface area contributed by atoms with Crippen LogP contribution in [0.3, 0.4) is 0 Å². The largest absolute Gasteiger partial charge is 0.351 e. The zero-order valence-electron chi connectivity index (χ0n) is 16.9. The highest BCUT2D eigenvalue weighted by atomic mass is 35.5. The molecular formula is C22H23ClF2N4O2. The molecule has 3 rings (SSSR count). The molecule has 31 heavy (non-hydrogen) atoms. The number of benzene rings is 2. The Hall–Kier alpha value is -2.97. The van der Waals surface area contributed by atoms with Crippen LogP contribution in [0.25, 0.3) is 6.08 Å². The minimum atomic E-state index is -0.824. The molecule has 1 atom stereocenters. The number of hydrogen-bond donors (Lipinski definition) is 2. The third-order valence-corrected chi connectivity index (χ3v) is 5.36. The summed E-state index contributed by atoms with van der Waals surface area (Å²) in [6.45, 7) is 4.48. The van der Waals surface area contributed by atoms with E-state index in [0.29, 0.717) is 26.2 Å². The van der Waals surface area contributed by atoms with E-state index in [0.717, 1.165) is 11.6 Å². The number of urea groups is 1. The van der Waals surface area contributed by atoms with E-state index in [-0.39, 0.29) is 34.0 Å². The maximum Gasteiger partial charge on any atom is 0.316 e. The van der Waals surface area contributed by atoms with E-state index in [4.69, 9.17) is 17.3 Å². The Labute approximate surface area is 184 Å². The number of amides is 3. The first-order valence-electron chi connectivity index (χ1n) is 9.74. The van der Waals surface area contributed by atoms with E-state index >= 15 is 0 Å². The van der Waals surface area contributed by atoms with Gasteiger partial charge in [0.15, 0.2) is 0 Å². The number of rotatable bonds is 5. The summed E-state index contributed by atoms with van der Waals surface area (Å²) in [4.78, 5) is 27.8. The van der Waals surface area contributed by atoms with Gasteiger partial charge in [-0.05, 0) is 42.8 Å². The Morgan fingerprint density at radius 3 is 2.58 bits per heavy atom. The molecule has 6 nitrogen and oxygen atoms in total. The molecule has 0 spiro atoms. The van der Waals surface area contributed by atoms with Crippen molar-refractivity contribution in [3.8, 4) is 0 Å². The second kappa shape index (κ2) is 9.89. The van der Waals surface area contributed by atoms with Crippen molar-refractivity contribution in [1.82, 2.24) is 9.80 Å². The predicted molar refractivity (Wildman–Crippen MR) is 117 cm³/mol. The highest BCUT2D eigenvalue weighted by Gasteiger charge is 2.26. The fraction of sp³-hybridized carbons (Fsp3) is 0.273. The molecule has 1 heterocycles. The molecule has 2 aromatic rings. The Morgan fingerprint density at radius 2 is 1.94 bits per heavy atom. The van der Waals surface area contributed by atoms with E-state index < -0.39 is 11.8 Å². The van der Waals surface area contributed by atoms with Crippen LogP contribution >= 0.6 is 11.6 Å². The molecule has 164 valence electrons. The Bertz CT molecular complexity index is 998. The minimum Gasteiger partial charge on any atom is -0.351 e. The molecule has 1 fully saturated rings. The van der Waals surface area contributed by atoms with Gasteiger partial charge in [-0.25, -0.2) is 13.6 Å². The number of halogens is 3. The van der Waals surface area contributed by atoms with Gasteiger partial charge < -0.3 is 16.0 Å². The average Bonchev–Trinajstić information content (AvgIpc) is 2.71. The van der Waals surface area contributed by atoms with Gasteiger partial charge in [0.05, 0.1) is 10.7 Å². The van der Waals surface area contributed by atoms with Crippen LogP contribution < -0.4 is 11.1 Å². The SMILES string of the molecule is C[C@@H]1CN(Cc2ccc(F)cc2)CCN1C(=O)/C=C/c1cc(F)c(Cl)cc1NC(N)=O. The van der Waals surface area contributed by atoms with Gasteiger partial charge in [-0.2, -0.15) is 0 Å². The first-order valence-corrected chi connectivity index (χ1v) is 10.1. The second-order valence-corrected chi connectivity index (χ2v) is 7.83. The molecule has 3 N–H and O–H groups in total. The van der Waals surface area contributed by atoms with Crippen molar-refractivity contribution in [1.29, 1.82) is 0 Å². The van der Waals surface area contributed by atoms with Crippen LogP contribution in [0.2, 0.25) is 5.02 Å². The average molecular weight is 449 g/mol. The zero-order valence-corrected chi connectivity index (χ0v) is 17.7. The number of nitrogens with zero attached hydrogens (tertiary/aromatic N) is 2. The number of primary amides is 1. The molecule has 2 aromatic carbocycles. The topological polar surface area (TPSA) is 78.7 Å². The van der Waals surface area contributed by atoms with Crippen LogP contribution in [0.1, 0.15) is 18.1 Å². The van der Waals surface area contributed by atoms with E-state index in [2.05, 4.69) is 10.2 Å². The molecule has 0 saturated carbocycles. The monoisotopic (exact) mass is 448 g/mol. The smallest absolute Gasteiger partial charge is 0.316 e. The number of piperazine rings is 1. The molecule has 9 heteroatoms. The van der Waals surface area contributed by atoms with Crippen molar-refractivity contribution >= 4 is 35.3 Å². The summed E-state index contributed by atoms with van der Waals surface area (Å²) in [7, 11) is 0. The molecule has 3 amide bonds. The van der Waals surface area contributed by atoms with E-state index in [9.17, 15) is 18.4 Å². The third-order valence-electron chi connectivity index (χ3n) is 5.07. The molecule has 1 aliphatic heterocycles. The lowest BCUT2D eigenvalue weighted by Gasteiger charge is -2.39. The minimum absolute atomic E-state index is 0.0449. The normalized spacial score (nSPS) is 17.2. The van der Waals surface area contributed by atoms with Crippen LogP contribution in [0.4, 0.5) is 19.3 Å². The maximum atomic E-state index is 13.9. The lowest BCUT2D eigenvalue weighted by Crippen LogP contribution is -2.53. The summed E-state index contributed by atoms with van der Waals surface area (Å²) >= 11 is 5.76. The van der Waals surface area contributed by atoms with Crippen molar-refractivity contribution < 1.29 is 18.4 Å². The van der Waals surface area contributed by atoms with Crippen LogP contribution in [0.15, 0.2) is 42.5 Å². The third kappa shape index (κ3) is 6.02. The van der Waals surface area contributed by atoms with Crippen LogP contribution in [0.5, 0.6) is 0 Å².